The van der Waals surface area contributed by atoms with E-state index in [0.717, 1.165) is 0 Å². The lowest BCUT2D eigenvalue weighted by molar-refractivity contribution is 0.0695. The van der Waals surface area contributed by atoms with Gasteiger partial charge in [0.15, 0.2) is 0 Å². The van der Waals surface area contributed by atoms with Crippen LogP contribution < -0.4 is 10.5 Å². The van der Waals surface area contributed by atoms with Crippen LogP contribution in [0.5, 0.6) is 0 Å². The second kappa shape index (κ2) is 4.96. The molecule has 2 rings (SSSR count). The summed E-state index contributed by atoms with van der Waals surface area (Å²) in [6, 6.07) is 4.36. The molecule has 0 amide bonds. The quantitative estimate of drug-likeness (QED) is 0.436. The summed E-state index contributed by atoms with van der Waals surface area (Å²) >= 11 is 0. The van der Waals surface area contributed by atoms with Gasteiger partial charge >= 0.3 is 5.97 Å². The maximum atomic E-state index is 11.1. The third kappa shape index (κ3) is 2.97. The SMILES string of the molecule is Nc1ccc(CN2CC(O)NS2(O)O)c(C(=O)O)c1. The molecule has 1 saturated heterocycles. The monoisotopic (exact) mass is 289 g/mol. The maximum absolute atomic E-state index is 11.1. The number of rotatable bonds is 3. The highest BCUT2D eigenvalue weighted by Crippen LogP contribution is 2.44. The number of nitrogens with one attached hydrogen (secondary N) is 1. The van der Waals surface area contributed by atoms with Crippen LogP contribution >= 0.6 is 11.0 Å². The van der Waals surface area contributed by atoms with Crippen molar-refractivity contribution in [3.05, 3.63) is 29.3 Å². The number of carboxylic acids is 1. The molecule has 0 aromatic heterocycles. The Bertz CT molecular complexity index is 510. The van der Waals surface area contributed by atoms with E-state index in [1.165, 1.54) is 22.5 Å². The second-order valence-electron chi connectivity index (χ2n) is 4.20. The summed E-state index contributed by atoms with van der Waals surface area (Å²) in [6.45, 7) is -0.0277. The molecular weight excluding hydrogens is 274 g/mol. The number of benzene rings is 1. The van der Waals surface area contributed by atoms with Crippen molar-refractivity contribution in [3.8, 4) is 0 Å². The molecule has 0 spiro atoms. The molecule has 1 aromatic rings. The lowest BCUT2D eigenvalue weighted by Crippen LogP contribution is -2.26. The molecule has 0 radical (unpaired) electrons. The lowest BCUT2D eigenvalue weighted by atomic mass is 10.1. The number of aliphatic hydroxyl groups excluding tert-OH is 1. The van der Waals surface area contributed by atoms with Gasteiger partial charge in [-0.1, -0.05) is 17.0 Å². The number of β-amino-alcohol motifs (C(OH)–C–C–N with tert-alkyl or cyclic N) is 1. The number of carboxylic acid groups (broad SMARTS) is 1. The van der Waals surface area contributed by atoms with Gasteiger partial charge in [-0.2, -0.15) is 9.03 Å². The number of aromatic carboxylic acids is 1. The number of aliphatic hydroxyl groups is 1. The fourth-order valence-corrected chi connectivity index (χ4v) is 3.12. The Hall–Kier alpha value is -1.36. The third-order valence-corrected chi connectivity index (χ3v) is 4.33. The van der Waals surface area contributed by atoms with Crippen molar-refractivity contribution in [2.45, 2.75) is 12.8 Å². The molecule has 1 unspecified atom stereocenters. The predicted molar refractivity (Wildman–Crippen MR) is 70.2 cm³/mol. The fraction of sp³-hybridized carbons (Fsp3) is 0.300. The van der Waals surface area contributed by atoms with Gasteiger partial charge in [0.1, 0.15) is 6.23 Å². The molecule has 1 atom stereocenters. The zero-order valence-electron chi connectivity index (χ0n) is 9.85. The van der Waals surface area contributed by atoms with Gasteiger partial charge in [-0.25, -0.2) is 4.79 Å². The van der Waals surface area contributed by atoms with Gasteiger partial charge in [0.25, 0.3) is 0 Å². The van der Waals surface area contributed by atoms with Crippen molar-refractivity contribution in [2.75, 3.05) is 12.3 Å². The van der Waals surface area contributed by atoms with E-state index in [-0.39, 0.29) is 18.7 Å². The minimum absolute atomic E-state index is 0.00316. The predicted octanol–water partition coefficient (Wildman–Crippen LogP) is 0.271. The molecule has 1 aliphatic rings. The van der Waals surface area contributed by atoms with Gasteiger partial charge in [-0.15, -0.1) is 0 Å². The van der Waals surface area contributed by atoms with Crippen molar-refractivity contribution >= 4 is 22.6 Å². The maximum Gasteiger partial charge on any atom is 0.336 e. The van der Waals surface area contributed by atoms with Gasteiger partial charge in [-0.05, 0) is 17.7 Å². The Morgan fingerprint density at radius 3 is 2.74 bits per heavy atom. The Kier molecular flexibility index (Phi) is 3.67. The highest BCUT2D eigenvalue weighted by Gasteiger charge is 2.35. The summed E-state index contributed by atoms with van der Waals surface area (Å²) in [7, 11) is -3.28. The molecule has 1 aromatic carbocycles. The lowest BCUT2D eigenvalue weighted by Gasteiger charge is -2.35. The highest BCUT2D eigenvalue weighted by molar-refractivity contribution is 8.20. The summed E-state index contributed by atoms with van der Waals surface area (Å²) in [5, 5.41) is 18.4. The van der Waals surface area contributed by atoms with Crippen LogP contribution in [0.3, 0.4) is 0 Å². The molecule has 0 saturated carbocycles. The van der Waals surface area contributed by atoms with Crippen molar-refractivity contribution in [2.24, 2.45) is 0 Å². The normalized spacial score (nSPS) is 24.3. The van der Waals surface area contributed by atoms with E-state index in [1.807, 2.05) is 0 Å². The summed E-state index contributed by atoms with van der Waals surface area (Å²) in [5.41, 5.74) is 6.22. The van der Waals surface area contributed by atoms with Gasteiger partial charge in [-0.3, -0.25) is 9.11 Å². The molecule has 0 bridgehead atoms. The van der Waals surface area contributed by atoms with E-state index in [0.29, 0.717) is 11.3 Å². The van der Waals surface area contributed by atoms with Crippen LogP contribution in [0.2, 0.25) is 0 Å². The summed E-state index contributed by atoms with van der Waals surface area (Å²) in [5.74, 6) is -1.15. The third-order valence-electron chi connectivity index (χ3n) is 2.74. The number of hydrogen-bond donors (Lipinski definition) is 6. The smallest absolute Gasteiger partial charge is 0.336 e. The van der Waals surface area contributed by atoms with E-state index >= 15 is 0 Å². The van der Waals surface area contributed by atoms with Crippen LogP contribution in [-0.2, 0) is 6.54 Å². The van der Waals surface area contributed by atoms with Crippen LogP contribution in [0, 0.1) is 0 Å². The van der Waals surface area contributed by atoms with E-state index in [2.05, 4.69) is 4.72 Å². The first kappa shape index (κ1) is 14.1. The number of hydrogen-bond acceptors (Lipinski definition) is 7. The molecule has 19 heavy (non-hydrogen) atoms. The highest BCUT2D eigenvalue weighted by atomic mass is 32.3. The molecule has 1 aliphatic heterocycles. The average molecular weight is 289 g/mol. The first-order valence-corrected chi connectivity index (χ1v) is 6.90. The molecule has 106 valence electrons. The number of nitrogen functional groups attached to an aromatic ring is 1. The minimum atomic E-state index is -3.28. The van der Waals surface area contributed by atoms with E-state index in [9.17, 15) is 19.0 Å². The van der Waals surface area contributed by atoms with Crippen LogP contribution in [0.15, 0.2) is 18.2 Å². The second-order valence-corrected chi connectivity index (χ2v) is 5.99. The number of nitrogens with two attached hydrogens (primary N) is 1. The van der Waals surface area contributed by atoms with E-state index in [1.54, 1.807) is 0 Å². The Balaban J connectivity index is 2.26. The Labute approximate surface area is 111 Å². The number of carbonyl (C=O) groups is 1. The standard InChI is InChI=1S/C10H15N3O5S/c11-7-2-1-6(8(3-7)10(15)16)4-13-5-9(14)12-19(13,17)18/h1-3,9,12,14,17-18H,4-5,11H2,(H,15,16). The fourth-order valence-electron chi connectivity index (χ4n) is 1.87. The van der Waals surface area contributed by atoms with Crippen LogP contribution in [0.4, 0.5) is 5.69 Å². The first-order valence-electron chi connectivity index (χ1n) is 5.40. The molecule has 0 aliphatic carbocycles. The van der Waals surface area contributed by atoms with Crippen molar-refractivity contribution < 1.29 is 24.1 Å². The zero-order chi connectivity index (χ0) is 14.2. The molecule has 8 nitrogen and oxygen atoms in total. The number of nitrogens with zero attached hydrogens (tertiary/aromatic N) is 1. The Morgan fingerprint density at radius 1 is 1.53 bits per heavy atom. The Morgan fingerprint density at radius 2 is 2.21 bits per heavy atom. The molecule has 1 fully saturated rings. The average Bonchev–Trinajstić information content (AvgIpc) is 2.54. The van der Waals surface area contributed by atoms with E-state index in [4.69, 9.17) is 10.8 Å². The van der Waals surface area contributed by atoms with Crippen molar-refractivity contribution in [3.63, 3.8) is 0 Å². The largest absolute Gasteiger partial charge is 0.478 e. The van der Waals surface area contributed by atoms with Gasteiger partial charge < -0.3 is 15.9 Å². The van der Waals surface area contributed by atoms with E-state index < -0.39 is 23.2 Å². The van der Waals surface area contributed by atoms with Gasteiger partial charge in [0.05, 0.1) is 12.1 Å². The summed E-state index contributed by atoms with van der Waals surface area (Å²) in [6.07, 6.45) is -1.06. The van der Waals surface area contributed by atoms with Crippen LogP contribution in [0.1, 0.15) is 15.9 Å². The summed E-state index contributed by atoms with van der Waals surface area (Å²) in [4.78, 5) is 11.1. The molecule has 9 heteroatoms. The molecule has 7 N–H and O–H groups in total. The topological polar surface area (TPSA) is 139 Å². The van der Waals surface area contributed by atoms with Crippen LogP contribution in [-0.4, -0.2) is 42.4 Å². The minimum Gasteiger partial charge on any atom is -0.478 e. The first-order chi connectivity index (χ1) is 8.79. The van der Waals surface area contributed by atoms with Crippen LogP contribution in [0.25, 0.3) is 0 Å². The van der Waals surface area contributed by atoms with Gasteiger partial charge in [0, 0.05) is 12.2 Å². The number of anilines is 1. The molecular formula is C10H15N3O5S. The van der Waals surface area contributed by atoms with Crippen molar-refractivity contribution in [1.82, 2.24) is 9.03 Å². The molecule has 1 heterocycles. The van der Waals surface area contributed by atoms with Gasteiger partial charge in [0.2, 0.25) is 0 Å². The summed E-state index contributed by atoms with van der Waals surface area (Å²) < 4.78 is 22.8. The van der Waals surface area contributed by atoms with Crippen molar-refractivity contribution in [1.29, 1.82) is 0 Å². The zero-order valence-corrected chi connectivity index (χ0v) is 10.7.